The number of ether oxygens (including phenoxy) is 1. The molecule has 1 aliphatic rings. The Bertz CT molecular complexity index is 609. The summed E-state index contributed by atoms with van der Waals surface area (Å²) in [6.45, 7) is 1.17. The van der Waals surface area contributed by atoms with E-state index in [1.165, 1.54) is 0 Å². The summed E-state index contributed by atoms with van der Waals surface area (Å²) in [4.78, 5) is 15.7. The molecule has 21 heavy (non-hydrogen) atoms. The Kier molecular flexibility index (Phi) is 4.01. The number of aliphatic hydroxyl groups excluding tert-OH is 1. The normalized spacial score (nSPS) is 19.5. The van der Waals surface area contributed by atoms with Crippen molar-refractivity contribution in [1.29, 1.82) is 0 Å². The van der Waals surface area contributed by atoms with Crippen LogP contribution in [0.25, 0.3) is 0 Å². The van der Waals surface area contributed by atoms with Crippen LogP contribution in [-0.2, 0) is 16.1 Å². The molecule has 0 spiro atoms. The van der Waals surface area contributed by atoms with Gasteiger partial charge in [-0.05, 0) is 18.4 Å². The van der Waals surface area contributed by atoms with Crippen molar-refractivity contribution in [3.63, 3.8) is 0 Å². The highest BCUT2D eigenvalue weighted by Crippen LogP contribution is 2.23. The molecule has 2 heterocycles. The lowest BCUT2D eigenvalue weighted by Crippen LogP contribution is -2.14. The van der Waals surface area contributed by atoms with E-state index in [-0.39, 0.29) is 11.9 Å². The molecule has 1 aliphatic heterocycles. The zero-order valence-corrected chi connectivity index (χ0v) is 11.7. The van der Waals surface area contributed by atoms with Gasteiger partial charge >= 0.3 is 5.97 Å². The largest absolute Gasteiger partial charge is 0.465 e. The predicted molar refractivity (Wildman–Crippen MR) is 76.4 cm³/mol. The SMILES string of the molecule is O=C1OCC[C@H]1CCn1ccnc1[C@H](O)c1ccccc1. The van der Waals surface area contributed by atoms with Crippen LogP contribution >= 0.6 is 0 Å². The molecule has 1 fully saturated rings. The molecule has 2 atom stereocenters. The third-order valence-corrected chi connectivity index (χ3v) is 3.87. The van der Waals surface area contributed by atoms with Crippen LogP contribution in [0.4, 0.5) is 0 Å². The van der Waals surface area contributed by atoms with Gasteiger partial charge < -0.3 is 14.4 Å². The molecule has 0 bridgehead atoms. The van der Waals surface area contributed by atoms with Gasteiger partial charge in [0.2, 0.25) is 0 Å². The minimum Gasteiger partial charge on any atom is -0.465 e. The first kappa shape index (κ1) is 13.8. The summed E-state index contributed by atoms with van der Waals surface area (Å²) < 4.78 is 6.88. The van der Waals surface area contributed by atoms with Gasteiger partial charge in [-0.3, -0.25) is 4.79 Å². The molecule has 1 aromatic carbocycles. The van der Waals surface area contributed by atoms with Crippen molar-refractivity contribution in [2.24, 2.45) is 5.92 Å². The van der Waals surface area contributed by atoms with E-state index in [1.54, 1.807) is 6.20 Å². The van der Waals surface area contributed by atoms with Crippen molar-refractivity contribution in [2.75, 3.05) is 6.61 Å². The number of imidazole rings is 1. The number of aliphatic hydroxyl groups is 1. The summed E-state index contributed by atoms with van der Waals surface area (Å²) in [5.74, 6) is 0.460. The summed E-state index contributed by atoms with van der Waals surface area (Å²) in [7, 11) is 0. The Labute approximate surface area is 123 Å². The maximum absolute atomic E-state index is 11.5. The number of aromatic nitrogens is 2. The van der Waals surface area contributed by atoms with E-state index in [0.717, 1.165) is 12.0 Å². The predicted octanol–water partition coefficient (Wildman–Crippen LogP) is 1.92. The number of benzene rings is 1. The van der Waals surface area contributed by atoms with Gasteiger partial charge in [0.1, 0.15) is 11.9 Å². The standard InChI is InChI=1S/C16H18N2O3/c19-14(12-4-2-1-3-5-12)15-17-8-10-18(15)9-6-13-7-11-21-16(13)20/h1-5,8,10,13-14,19H,6-7,9,11H2/t13-,14-/m1/s1. The third-order valence-electron chi connectivity index (χ3n) is 3.87. The van der Waals surface area contributed by atoms with Crippen LogP contribution in [-0.4, -0.2) is 27.2 Å². The Morgan fingerprint density at radius 2 is 2.19 bits per heavy atom. The first-order valence-corrected chi connectivity index (χ1v) is 7.16. The molecule has 0 aliphatic carbocycles. The second-order valence-corrected chi connectivity index (χ2v) is 5.23. The summed E-state index contributed by atoms with van der Waals surface area (Å²) in [5, 5.41) is 10.4. The van der Waals surface area contributed by atoms with Crippen molar-refractivity contribution < 1.29 is 14.6 Å². The number of rotatable bonds is 5. The van der Waals surface area contributed by atoms with Gasteiger partial charge in [0.15, 0.2) is 0 Å². The van der Waals surface area contributed by atoms with E-state index in [2.05, 4.69) is 4.98 Å². The van der Waals surface area contributed by atoms with E-state index in [1.807, 2.05) is 41.1 Å². The average molecular weight is 286 g/mol. The Hall–Kier alpha value is -2.14. The average Bonchev–Trinajstić information content (AvgIpc) is 3.14. The van der Waals surface area contributed by atoms with Crippen LogP contribution in [0.3, 0.4) is 0 Å². The van der Waals surface area contributed by atoms with E-state index in [4.69, 9.17) is 4.74 Å². The fraction of sp³-hybridized carbons (Fsp3) is 0.375. The topological polar surface area (TPSA) is 64.4 Å². The van der Waals surface area contributed by atoms with E-state index < -0.39 is 6.10 Å². The smallest absolute Gasteiger partial charge is 0.309 e. The van der Waals surface area contributed by atoms with Crippen molar-refractivity contribution in [2.45, 2.75) is 25.5 Å². The number of hydrogen-bond acceptors (Lipinski definition) is 4. The minimum atomic E-state index is -0.753. The highest BCUT2D eigenvalue weighted by molar-refractivity contribution is 5.73. The number of hydrogen-bond donors (Lipinski definition) is 1. The number of nitrogens with zero attached hydrogens (tertiary/aromatic N) is 2. The second kappa shape index (κ2) is 6.10. The van der Waals surface area contributed by atoms with Crippen molar-refractivity contribution >= 4 is 5.97 Å². The van der Waals surface area contributed by atoms with Gasteiger partial charge in [0.25, 0.3) is 0 Å². The molecule has 0 radical (unpaired) electrons. The van der Waals surface area contributed by atoms with Gasteiger partial charge in [0, 0.05) is 18.9 Å². The van der Waals surface area contributed by atoms with Gasteiger partial charge in [-0.15, -0.1) is 0 Å². The van der Waals surface area contributed by atoms with E-state index in [9.17, 15) is 9.90 Å². The lowest BCUT2D eigenvalue weighted by Gasteiger charge is -2.14. The van der Waals surface area contributed by atoms with Gasteiger partial charge in [-0.2, -0.15) is 0 Å². The van der Waals surface area contributed by atoms with Crippen LogP contribution in [0, 0.1) is 5.92 Å². The maximum Gasteiger partial charge on any atom is 0.309 e. The lowest BCUT2D eigenvalue weighted by atomic mass is 10.0. The first-order chi connectivity index (χ1) is 10.3. The fourth-order valence-corrected chi connectivity index (χ4v) is 2.64. The molecule has 0 amide bonds. The highest BCUT2D eigenvalue weighted by Gasteiger charge is 2.26. The molecule has 1 aromatic heterocycles. The maximum atomic E-state index is 11.5. The summed E-state index contributed by atoms with van der Waals surface area (Å²) in [5.41, 5.74) is 0.810. The van der Waals surface area contributed by atoms with Crippen molar-refractivity contribution in [3.8, 4) is 0 Å². The zero-order valence-electron chi connectivity index (χ0n) is 11.7. The Morgan fingerprint density at radius 1 is 1.38 bits per heavy atom. The summed E-state index contributed by atoms with van der Waals surface area (Å²) in [6.07, 6.45) is 4.25. The zero-order chi connectivity index (χ0) is 14.7. The lowest BCUT2D eigenvalue weighted by molar-refractivity contribution is -0.141. The van der Waals surface area contributed by atoms with Gasteiger partial charge in [0.05, 0.1) is 12.5 Å². The van der Waals surface area contributed by atoms with Crippen LogP contribution < -0.4 is 0 Å². The molecule has 3 rings (SSSR count). The third kappa shape index (κ3) is 2.97. The van der Waals surface area contributed by atoms with Crippen LogP contribution in [0.15, 0.2) is 42.7 Å². The minimum absolute atomic E-state index is 0.0332. The number of aryl methyl sites for hydroxylation is 1. The molecule has 1 N–H and O–H groups in total. The molecule has 0 unspecified atom stereocenters. The summed E-state index contributed by atoms with van der Waals surface area (Å²) in [6, 6.07) is 9.44. The van der Waals surface area contributed by atoms with Gasteiger partial charge in [-0.1, -0.05) is 30.3 Å². The highest BCUT2D eigenvalue weighted by atomic mass is 16.5. The number of carbonyl (C=O) groups is 1. The Balaban J connectivity index is 1.70. The van der Waals surface area contributed by atoms with E-state index >= 15 is 0 Å². The molecule has 2 aromatic rings. The molecular formula is C16H18N2O3. The molecule has 0 saturated carbocycles. The second-order valence-electron chi connectivity index (χ2n) is 5.23. The molecular weight excluding hydrogens is 268 g/mol. The van der Waals surface area contributed by atoms with E-state index in [0.29, 0.717) is 25.4 Å². The van der Waals surface area contributed by atoms with Crippen LogP contribution in [0.1, 0.15) is 30.3 Å². The number of carbonyl (C=O) groups excluding carboxylic acids is 1. The van der Waals surface area contributed by atoms with Crippen molar-refractivity contribution in [3.05, 3.63) is 54.1 Å². The quantitative estimate of drug-likeness (QED) is 0.853. The number of cyclic esters (lactones) is 1. The monoisotopic (exact) mass is 286 g/mol. The molecule has 5 nitrogen and oxygen atoms in total. The summed E-state index contributed by atoms with van der Waals surface area (Å²) >= 11 is 0. The fourth-order valence-electron chi connectivity index (χ4n) is 2.64. The first-order valence-electron chi connectivity index (χ1n) is 7.16. The van der Waals surface area contributed by atoms with Crippen molar-refractivity contribution in [1.82, 2.24) is 9.55 Å². The van der Waals surface area contributed by atoms with Gasteiger partial charge in [-0.25, -0.2) is 4.98 Å². The number of esters is 1. The van der Waals surface area contributed by atoms with Crippen LogP contribution in [0.2, 0.25) is 0 Å². The molecule has 5 heteroatoms. The van der Waals surface area contributed by atoms with Crippen LogP contribution in [0.5, 0.6) is 0 Å². The molecule has 1 saturated heterocycles. The molecule has 110 valence electrons. The Morgan fingerprint density at radius 3 is 2.90 bits per heavy atom.